The standard InChI is InChI=1S/C18H23NO/c1-14-9-7-8-12-17(14)18(13-19-3)20-15(2)16-10-5-4-6-11-16/h4-12,15,18-19H,13H2,1-3H3. The Kier molecular flexibility index (Phi) is 5.33. The van der Waals surface area contributed by atoms with E-state index in [1.807, 2.05) is 13.1 Å². The number of aryl methyl sites for hydroxylation is 1. The molecule has 2 aromatic rings. The Labute approximate surface area is 121 Å². The lowest BCUT2D eigenvalue weighted by atomic mass is 10.0. The fourth-order valence-corrected chi connectivity index (χ4v) is 2.41. The molecule has 0 saturated carbocycles. The number of hydrogen-bond donors (Lipinski definition) is 1. The third kappa shape index (κ3) is 3.69. The zero-order valence-electron chi connectivity index (χ0n) is 12.5. The zero-order valence-corrected chi connectivity index (χ0v) is 12.5. The molecule has 1 N–H and O–H groups in total. The molecule has 0 bridgehead atoms. The van der Waals surface area contributed by atoms with E-state index < -0.39 is 0 Å². The van der Waals surface area contributed by atoms with Gasteiger partial charge in [0.05, 0.1) is 12.2 Å². The van der Waals surface area contributed by atoms with E-state index in [0.717, 1.165) is 6.54 Å². The smallest absolute Gasteiger partial charge is 0.0959 e. The van der Waals surface area contributed by atoms with Gasteiger partial charge in [0.2, 0.25) is 0 Å². The maximum absolute atomic E-state index is 6.28. The van der Waals surface area contributed by atoms with E-state index in [1.54, 1.807) is 0 Å². The number of benzene rings is 2. The minimum atomic E-state index is 0.0661. The highest BCUT2D eigenvalue weighted by Gasteiger charge is 2.17. The van der Waals surface area contributed by atoms with Crippen molar-refractivity contribution < 1.29 is 4.74 Å². The van der Waals surface area contributed by atoms with Gasteiger partial charge in [0.15, 0.2) is 0 Å². The summed E-state index contributed by atoms with van der Waals surface area (Å²) in [4.78, 5) is 0. The minimum absolute atomic E-state index is 0.0661. The molecule has 0 fully saturated rings. The van der Waals surface area contributed by atoms with E-state index in [4.69, 9.17) is 4.74 Å². The van der Waals surface area contributed by atoms with Gasteiger partial charge in [-0.2, -0.15) is 0 Å². The van der Waals surface area contributed by atoms with Gasteiger partial charge >= 0.3 is 0 Å². The molecule has 0 aliphatic heterocycles. The van der Waals surface area contributed by atoms with Gasteiger partial charge in [-0.25, -0.2) is 0 Å². The van der Waals surface area contributed by atoms with Gasteiger partial charge in [-0.05, 0) is 37.6 Å². The third-order valence-corrected chi connectivity index (χ3v) is 3.56. The van der Waals surface area contributed by atoms with E-state index >= 15 is 0 Å². The molecule has 106 valence electrons. The second-order valence-electron chi connectivity index (χ2n) is 5.09. The van der Waals surface area contributed by atoms with Gasteiger partial charge in [0, 0.05) is 6.54 Å². The van der Waals surface area contributed by atoms with Crippen LogP contribution in [-0.4, -0.2) is 13.6 Å². The molecule has 2 aromatic carbocycles. The molecule has 0 spiro atoms. The summed E-state index contributed by atoms with van der Waals surface area (Å²) < 4.78 is 6.28. The van der Waals surface area contributed by atoms with Gasteiger partial charge in [-0.15, -0.1) is 0 Å². The highest BCUT2D eigenvalue weighted by Crippen LogP contribution is 2.27. The second-order valence-corrected chi connectivity index (χ2v) is 5.09. The molecule has 2 rings (SSSR count). The summed E-state index contributed by atoms with van der Waals surface area (Å²) in [5.41, 5.74) is 3.74. The zero-order chi connectivity index (χ0) is 14.4. The van der Waals surface area contributed by atoms with Crippen molar-refractivity contribution in [3.05, 3.63) is 71.3 Å². The molecular weight excluding hydrogens is 246 g/mol. The lowest BCUT2D eigenvalue weighted by Crippen LogP contribution is -2.21. The summed E-state index contributed by atoms with van der Waals surface area (Å²) in [6.07, 6.45) is 0.144. The molecular formula is C18H23NO. The van der Waals surface area contributed by atoms with E-state index in [0.29, 0.717) is 0 Å². The molecule has 20 heavy (non-hydrogen) atoms. The topological polar surface area (TPSA) is 21.3 Å². The summed E-state index contributed by atoms with van der Waals surface area (Å²) >= 11 is 0. The highest BCUT2D eigenvalue weighted by molar-refractivity contribution is 5.28. The van der Waals surface area contributed by atoms with Gasteiger partial charge in [-0.3, -0.25) is 0 Å². The largest absolute Gasteiger partial charge is 0.365 e. The van der Waals surface area contributed by atoms with Crippen LogP contribution in [0.5, 0.6) is 0 Å². The summed E-state index contributed by atoms with van der Waals surface area (Å²) in [5, 5.41) is 3.23. The molecule has 0 saturated heterocycles. The molecule has 2 heteroatoms. The first-order valence-corrected chi connectivity index (χ1v) is 7.13. The number of rotatable bonds is 6. The van der Waals surface area contributed by atoms with Crippen LogP contribution in [0, 0.1) is 6.92 Å². The molecule has 0 amide bonds. The summed E-state index contributed by atoms with van der Waals surface area (Å²) in [6.45, 7) is 5.05. The summed E-state index contributed by atoms with van der Waals surface area (Å²) in [7, 11) is 1.96. The Bertz CT molecular complexity index is 524. The Hall–Kier alpha value is -1.64. The molecule has 0 heterocycles. The maximum atomic E-state index is 6.28. The quantitative estimate of drug-likeness (QED) is 0.854. The molecule has 2 atom stereocenters. The fraction of sp³-hybridized carbons (Fsp3) is 0.333. The number of likely N-dealkylation sites (N-methyl/N-ethyl adjacent to an activating group) is 1. The van der Waals surface area contributed by atoms with Crippen LogP contribution in [0.15, 0.2) is 54.6 Å². The van der Waals surface area contributed by atoms with Crippen LogP contribution in [0.4, 0.5) is 0 Å². The van der Waals surface area contributed by atoms with Gasteiger partial charge in [0.25, 0.3) is 0 Å². The van der Waals surface area contributed by atoms with Crippen LogP contribution < -0.4 is 5.32 Å². The van der Waals surface area contributed by atoms with Crippen molar-refractivity contribution in [1.82, 2.24) is 5.32 Å². The van der Waals surface area contributed by atoms with Crippen molar-refractivity contribution in [2.45, 2.75) is 26.1 Å². The van der Waals surface area contributed by atoms with Crippen molar-refractivity contribution in [1.29, 1.82) is 0 Å². The predicted octanol–water partition coefficient (Wildman–Crippen LogP) is 4.03. The van der Waals surface area contributed by atoms with Crippen LogP contribution in [0.1, 0.15) is 35.8 Å². The van der Waals surface area contributed by atoms with E-state index in [1.165, 1.54) is 16.7 Å². The van der Waals surface area contributed by atoms with E-state index in [9.17, 15) is 0 Å². The van der Waals surface area contributed by atoms with Crippen LogP contribution in [0.3, 0.4) is 0 Å². The Morgan fingerprint density at radius 2 is 1.65 bits per heavy atom. The Morgan fingerprint density at radius 1 is 1.00 bits per heavy atom. The minimum Gasteiger partial charge on any atom is -0.365 e. The van der Waals surface area contributed by atoms with Crippen molar-refractivity contribution in [3.8, 4) is 0 Å². The Morgan fingerprint density at radius 3 is 2.30 bits per heavy atom. The maximum Gasteiger partial charge on any atom is 0.0959 e. The predicted molar refractivity (Wildman–Crippen MR) is 83.8 cm³/mol. The van der Waals surface area contributed by atoms with Crippen LogP contribution in [0.25, 0.3) is 0 Å². The number of ether oxygens (including phenoxy) is 1. The molecule has 2 nitrogen and oxygen atoms in total. The molecule has 0 radical (unpaired) electrons. The molecule has 0 aliphatic carbocycles. The van der Waals surface area contributed by atoms with Crippen molar-refractivity contribution >= 4 is 0 Å². The van der Waals surface area contributed by atoms with E-state index in [-0.39, 0.29) is 12.2 Å². The van der Waals surface area contributed by atoms with Crippen molar-refractivity contribution in [2.75, 3.05) is 13.6 Å². The highest BCUT2D eigenvalue weighted by atomic mass is 16.5. The molecule has 0 aliphatic rings. The average Bonchev–Trinajstić information content (AvgIpc) is 2.48. The average molecular weight is 269 g/mol. The SMILES string of the molecule is CNCC(OC(C)c1ccccc1)c1ccccc1C. The first kappa shape index (κ1) is 14.8. The van der Waals surface area contributed by atoms with E-state index in [2.05, 4.69) is 67.7 Å². The van der Waals surface area contributed by atoms with Crippen molar-refractivity contribution in [3.63, 3.8) is 0 Å². The Balaban J connectivity index is 2.16. The first-order valence-electron chi connectivity index (χ1n) is 7.13. The van der Waals surface area contributed by atoms with Gasteiger partial charge < -0.3 is 10.1 Å². The van der Waals surface area contributed by atoms with Gasteiger partial charge in [0.1, 0.15) is 0 Å². The van der Waals surface area contributed by atoms with Crippen LogP contribution >= 0.6 is 0 Å². The number of nitrogens with one attached hydrogen (secondary N) is 1. The molecule has 0 aromatic heterocycles. The fourth-order valence-electron chi connectivity index (χ4n) is 2.41. The lowest BCUT2D eigenvalue weighted by molar-refractivity contribution is -0.00372. The van der Waals surface area contributed by atoms with Gasteiger partial charge in [-0.1, -0.05) is 54.6 Å². The normalized spacial score (nSPS) is 13.9. The third-order valence-electron chi connectivity index (χ3n) is 3.56. The summed E-state index contributed by atoms with van der Waals surface area (Å²) in [5.74, 6) is 0. The summed E-state index contributed by atoms with van der Waals surface area (Å²) in [6, 6.07) is 18.8. The second kappa shape index (κ2) is 7.22. The van der Waals surface area contributed by atoms with Crippen LogP contribution in [-0.2, 0) is 4.74 Å². The number of hydrogen-bond acceptors (Lipinski definition) is 2. The monoisotopic (exact) mass is 269 g/mol. The molecule has 2 unspecified atom stereocenters. The van der Waals surface area contributed by atoms with Crippen molar-refractivity contribution in [2.24, 2.45) is 0 Å². The van der Waals surface area contributed by atoms with Crippen LogP contribution in [0.2, 0.25) is 0 Å². The first-order chi connectivity index (χ1) is 9.72. The lowest BCUT2D eigenvalue weighted by Gasteiger charge is -2.24.